The molecule has 29 nitrogen and oxygen atoms in total. The number of guanidine groups is 1. The molecule has 0 radical (unpaired) electrons. The first-order valence-corrected chi connectivity index (χ1v) is 33.9. The summed E-state index contributed by atoms with van der Waals surface area (Å²) in [6.45, 7) is 12.7. The number of unbranched alkanes of at least 4 members (excludes halogenated alkanes) is 3. The highest BCUT2D eigenvalue weighted by molar-refractivity contribution is 5.99. The van der Waals surface area contributed by atoms with Crippen LogP contribution in [0.1, 0.15) is 189 Å². The molecule has 21 N–H and O–H groups in total. The number of aliphatic hydroxyl groups is 1. The first-order chi connectivity index (χ1) is 45.2. The summed E-state index contributed by atoms with van der Waals surface area (Å²) in [5, 5.41) is 52.0. The largest absolute Gasteiger partial charge is 0.508 e. The summed E-state index contributed by atoms with van der Waals surface area (Å²) in [6, 6.07) is -1.94. The molecule has 0 bridgehead atoms. The van der Waals surface area contributed by atoms with E-state index < -0.39 is 144 Å². The Labute approximate surface area is 564 Å². The Balaban J connectivity index is 2.42. The number of carboxylic acid groups (broad SMARTS) is 1. The van der Waals surface area contributed by atoms with Crippen molar-refractivity contribution >= 4 is 82.2 Å². The molecule has 1 aromatic rings. The fourth-order valence-electron chi connectivity index (χ4n) is 11.7. The lowest BCUT2D eigenvalue weighted by Gasteiger charge is -2.30. The van der Waals surface area contributed by atoms with E-state index in [0.717, 1.165) is 12.8 Å². The number of carbonyl (C=O) groups excluding carboxylic acids is 11. The van der Waals surface area contributed by atoms with Gasteiger partial charge in [0.2, 0.25) is 41.4 Å². The van der Waals surface area contributed by atoms with Crippen LogP contribution in [0.5, 0.6) is 5.75 Å². The maximum Gasteiger partial charge on any atom is 0.304 e. The number of nitrogens with zero attached hydrogens (tertiary/aromatic N) is 2. The van der Waals surface area contributed by atoms with Gasteiger partial charge in [-0.1, -0.05) is 59.6 Å². The zero-order valence-corrected chi connectivity index (χ0v) is 57.4. The number of phenols is 1. The molecule has 1 heterocycles. The van der Waals surface area contributed by atoms with Crippen molar-refractivity contribution in [2.24, 2.45) is 80.8 Å². The number of hydrogen-bond donors (Lipinski definition) is 15. The number of nitrogens with one attached hydrogen (secondary N) is 6. The van der Waals surface area contributed by atoms with E-state index in [1.807, 2.05) is 27.7 Å². The second-order valence-corrected chi connectivity index (χ2v) is 26.6. The van der Waals surface area contributed by atoms with Crippen LogP contribution in [0.25, 0.3) is 0 Å². The molecule has 1 aromatic carbocycles. The number of aromatic hydroxyl groups is 1. The van der Waals surface area contributed by atoms with Crippen LogP contribution in [0.2, 0.25) is 0 Å². The summed E-state index contributed by atoms with van der Waals surface area (Å²) in [6.07, 6.45) is 0.680. The van der Waals surface area contributed by atoms with E-state index in [1.54, 1.807) is 6.92 Å². The minimum atomic E-state index is -1.77. The predicted octanol–water partition coefficient (Wildman–Crippen LogP) is 1.55. The van der Waals surface area contributed by atoms with Crippen LogP contribution in [-0.2, 0) is 64.0 Å². The van der Waals surface area contributed by atoms with Crippen molar-refractivity contribution in [1.29, 1.82) is 5.41 Å². The van der Waals surface area contributed by atoms with Crippen LogP contribution in [0.3, 0.4) is 0 Å². The van der Waals surface area contributed by atoms with Gasteiger partial charge >= 0.3 is 5.97 Å². The molecule has 1 fully saturated rings. The number of phenolic OH excluding ortho intramolecular Hbond substituents is 1. The molecule has 7 amide bonds. The molecule has 29 heteroatoms. The van der Waals surface area contributed by atoms with Gasteiger partial charge in [0.1, 0.15) is 23.9 Å². The topological polar surface area (TPSA) is 521 Å². The summed E-state index contributed by atoms with van der Waals surface area (Å²) >= 11 is 0. The molecule has 0 aliphatic carbocycles. The van der Waals surface area contributed by atoms with Gasteiger partial charge in [-0.15, -0.1) is 0 Å². The number of ketones is 4. The average molecular weight is 1350 g/mol. The van der Waals surface area contributed by atoms with Gasteiger partial charge in [-0.05, 0) is 146 Å². The summed E-state index contributed by atoms with van der Waals surface area (Å²) in [5.74, 6) is -14.5. The normalized spacial score (nSPS) is 16.4. The predicted molar refractivity (Wildman–Crippen MR) is 362 cm³/mol. The summed E-state index contributed by atoms with van der Waals surface area (Å²) in [7, 11) is 0. The number of hydrogen-bond acceptors (Lipinski definition) is 18. The Hall–Kier alpha value is -7.92. The molecule has 0 spiro atoms. The van der Waals surface area contributed by atoms with Crippen molar-refractivity contribution in [3.05, 3.63) is 29.8 Å². The Kier molecular flexibility index (Phi) is 38.6. The Morgan fingerprint density at radius 2 is 1.10 bits per heavy atom. The molecule has 2 rings (SSSR count). The standard InChI is InChI=1S/C67H112N14O15/c1-38(2)30-45(60(72)90)34-53(84)50(19-14-28-75-67(73)74)78-63(93)46(32-43-22-24-48(83)25-23-43)35-54(85)49(18-11-13-27-69)77-64(94)47(37-58(88)89)36-56(87)59(42(7)82)80-62(92)41(6)76-65(95)52-20-15-29-81(52)66(96)44(17-8-9-21-57(70)71)33-55(86)51(31-39(3)4)79-61(91)40(5)16-10-12-26-68/h22-25,38-42,44-47,49-52,59,82-83H,8-21,26-37,68-69H2,1-7H3,(H3,70,71)(H2,72,90)(H,76,95)(H,77,94)(H,78,93)(H,79,91)(H,80,92)(H,88,89)(H4,73,74,75)/t40-,41-,42+,44+,45+,46+,47-,49-,50-,51-,52-,59-/m0/s1. The van der Waals surface area contributed by atoms with Crippen LogP contribution >= 0.6 is 0 Å². The fourth-order valence-corrected chi connectivity index (χ4v) is 11.7. The smallest absolute Gasteiger partial charge is 0.304 e. The van der Waals surface area contributed by atoms with Gasteiger partial charge in [0.25, 0.3) is 0 Å². The zero-order chi connectivity index (χ0) is 72.4. The summed E-state index contributed by atoms with van der Waals surface area (Å²) < 4.78 is 0. The maximum absolute atomic E-state index is 14.6. The number of aliphatic carboxylic acids is 1. The number of likely N-dealkylation sites (tertiary alicyclic amines) is 1. The monoisotopic (exact) mass is 1350 g/mol. The first kappa shape index (κ1) is 84.2. The third-order valence-corrected chi connectivity index (χ3v) is 17.1. The van der Waals surface area contributed by atoms with E-state index in [-0.39, 0.29) is 131 Å². The molecule has 0 saturated carbocycles. The molecule has 0 aromatic heterocycles. The van der Waals surface area contributed by atoms with Gasteiger partial charge in [0, 0.05) is 68.9 Å². The van der Waals surface area contributed by atoms with E-state index in [4.69, 9.17) is 39.8 Å². The van der Waals surface area contributed by atoms with Gasteiger partial charge in [0.15, 0.2) is 29.1 Å². The highest BCUT2D eigenvalue weighted by Gasteiger charge is 2.41. The molecule has 1 aliphatic heterocycles. The SMILES string of the molecule is CC(C)C[C@H](CC(=O)[C@H](CCCN=C(N)N)NC(=O)[C@@H](CC(=O)[C@H](CCCCN)NC(=O)[C@H](CC(=O)O)CC(=O)[C@@H](NC(=O)[C@H](C)NC(=O)[C@@H]1CCCN1C(=O)[C@H](CCCCC(=N)N)CC(=O)[C@H](CC(C)C)NC(=O)[C@@H](C)CCCCN)[C@@H](C)O)Cc1ccc(O)cc1)C(N)=O. The van der Waals surface area contributed by atoms with Gasteiger partial charge in [-0.25, -0.2) is 0 Å². The van der Waals surface area contributed by atoms with E-state index in [2.05, 4.69) is 31.6 Å². The minimum Gasteiger partial charge on any atom is -0.508 e. The summed E-state index contributed by atoms with van der Waals surface area (Å²) in [4.78, 5) is 172. The number of amides is 7. The van der Waals surface area contributed by atoms with Crippen molar-refractivity contribution < 1.29 is 72.9 Å². The third kappa shape index (κ3) is 31.8. The fraction of sp³-hybridized carbons (Fsp3) is 0.701. The Morgan fingerprint density at radius 1 is 0.583 bits per heavy atom. The highest BCUT2D eigenvalue weighted by atomic mass is 16.4. The number of carbonyl (C=O) groups is 12. The van der Waals surface area contributed by atoms with Crippen molar-refractivity contribution in [3.63, 3.8) is 0 Å². The number of rotatable bonds is 50. The highest BCUT2D eigenvalue weighted by Crippen LogP contribution is 2.28. The van der Waals surface area contributed by atoms with Crippen molar-refractivity contribution in [1.82, 2.24) is 31.5 Å². The van der Waals surface area contributed by atoms with Crippen LogP contribution < -0.4 is 61.0 Å². The van der Waals surface area contributed by atoms with Crippen molar-refractivity contribution in [3.8, 4) is 5.75 Å². The lowest BCUT2D eigenvalue weighted by atomic mass is 9.87. The van der Waals surface area contributed by atoms with Crippen LogP contribution in [0, 0.1) is 46.8 Å². The minimum absolute atomic E-state index is 0.00207. The quantitative estimate of drug-likeness (QED) is 0.0250. The summed E-state index contributed by atoms with van der Waals surface area (Å²) in [5.41, 5.74) is 34.3. The van der Waals surface area contributed by atoms with Gasteiger partial charge in [-0.2, -0.15) is 0 Å². The Bertz CT molecular complexity index is 2780. The zero-order valence-electron chi connectivity index (χ0n) is 57.4. The number of nitrogens with two attached hydrogens (primary N) is 6. The number of amidine groups is 1. The molecule has 1 aliphatic rings. The van der Waals surface area contributed by atoms with Gasteiger partial charge < -0.3 is 81.2 Å². The number of primary amides is 1. The number of Topliss-reactive ketones (excluding diaryl/α,β-unsaturated/α-hetero) is 4. The molecule has 12 atom stereocenters. The third-order valence-electron chi connectivity index (χ3n) is 17.1. The van der Waals surface area contributed by atoms with Crippen LogP contribution in [-0.4, -0.2) is 171 Å². The average Bonchev–Trinajstić information content (AvgIpc) is 1.60. The molecule has 0 unspecified atom stereocenters. The van der Waals surface area contributed by atoms with E-state index in [1.165, 1.54) is 43.0 Å². The molecule has 96 heavy (non-hydrogen) atoms. The van der Waals surface area contributed by atoms with Crippen molar-refractivity contribution in [2.75, 3.05) is 26.2 Å². The van der Waals surface area contributed by atoms with E-state index >= 15 is 0 Å². The number of carboxylic acids is 1. The number of benzene rings is 1. The van der Waals surface area contributed by atoms with Crippen molar-refractivity contribution in [2.45, 2.75) is 232 Å². The number of aliphatic hydroxyl groups excluding tert-OH is 1. The van der Waals surface area contributed by atoms with Gasteiger partial charge in [0.05, 0.1) is 42.4 Å². The second kappa shape index (κ2) is 44.0. The number of aliphatic imine (C=N–C) groups is 1. The first-order valence-electron chi connectivity index (χ1n) is 33.9. The molecule has 1 saturated heterocycles. The maximum atomic E-state index is 14.6. The van der Waals surface area contributed by atoms with E-state index in [0.29, 0.717) is 57.1 Å². The molecular weight excluding hydrogens is 1240 g/mol. The van der Waals surface area contributed by atoms with Gasteiger partial charge in [-0.3, -0.25) is 67.9 Å². The second-order valence-electron chi connectivity index (χ2n) is 26.6. The van der Waals surface area contributed by atoms with E-state index in [9.17, 15) is 72.9 Å². The molecular formula is C67H112N14O15. The van der Waals surface area contributed by atoms with Crippen LogP contribution in [0.4, 0.5) is 0 Å². The lowest BCUT2D eigenvalue weighted by Crippen LogP contribution is -2.56. The van der Waals surface area contributed by atoms with Crippen LogP contribution in [0.15, 0.2) is 29.3 Å². The Morgan fingerprint density at radius 3 is 1.65 bits per heavy atom. The lowest BCUT2D eigenvalue weighted by molar-refractivity contribution is -0.144. The molecule has 540 valence electrons.